The Bertz CT molecular complexity index is 1380. The van der Waals surface area contributed by atoms with E-state index in [1.165, 1.54) is 0 Å². The Morgan fingerprint density at radius 2 is 1.87 bits per heavy atom. The van der Waals surface area contributed by atoms with E-state index in [2.05, 4.69) is 10.3 Å². The Balaban J connectivity index is 1.57. The summed E-state index contributed by atoms with van der Waals surface area (Å²) in [6.45, 7) is 6.46. The maximum atomic E-state index is 14.1. The summed E-state index contributed by atoms with van der Waals surface area (Å²) >= 11 is 0. The number of benzene rings is 1. The van der Waals surface area contributed by atoms with Gasteiger partial charge in [0.25, 0.3) is 11.5 Å². The van der Waals surface area contributed by atoms with Gasteiger partial charge in [-0.05, 0) is 89.2 Å². The van der Waals surface area contributed by atoms with Crippen molar-refractivity contribution in [1.82, 2.24) is 15.2 Å². The minimum absolute atomic E-state index is 0.0401. The number of hydrogen-bond donors (Lipinski definition) is 2. The maximum Gasteiger partial charge on any atom is 0.254 e. The molecule has 0 saturated heterocycles. The monoisotopic (exact) mass is 519 g/mol. The first-order valence-electron chi connectivity index (χ1n) is 13.4. The third-order valence-electron chi connectivity index (χ3n) is 8.07. The van der Waals surface area contributed by atoms with E-state index in [9.17, 15) is 9.59 Å². The zero-order chi connectivity index (χ0) is 27.0. The molecule has 2 N–H and O–H groups in total. The summed E-state index contributed by atoms with van der Waals surface area (Å²) in [4.78, 5) is 31.4. The molecule has 3 heterocycles. The van der Waals surface area contributed by atoms with Crippen LogP contribution in [-0.2, 0) is 13.0 Å². The Labute approximate surface area is 223 Å². The highest BCUT2D eigenvalue weighted by Crippen LogP contribution is 2.48. The van der Waals surface area contributed by atoms with E-state index in [0.717, 1.165) is 53.6 Å². The van der Waals surface area contributed by atoms with Crippen LogP contribution >= 0.6 is 0 Å². The van der Waals surface area contributed by atoms with Crippen LogP contribution < -0.4 is 20.3 Å². The number of carbonyl (C=O) groups is 1. The minimum atomic E-state index is -0.148. The van der Waals surface area contributed by atoms with Gasteiger partial charge in [-0.15, -0.1) is 0 Å². The number of amides is 1. The number of nitrogens with zero attached hydrogens (tertiary/aromatic N) is 1. The van der Waals surface area contributed by atoms with Gasteiger partial charge in [-0.3, -0.25) is 9.59 Å². The summed E-state index contributed by atoms with van der Waals surface area (Å²) in [5, 5.41) is 3.37. The summed E-state index contributed by atoms with van der Waals surface area (Å²) in [5.41, 5.74) is 5.21. The number of H-pyrrole nitrogens is 1. The average Bonchev–Trinajstić information content (AvgIpc) is 3.43. The maximum absolute atomic E-state index is 14.1. The number of nitrogens with one attached hydrogen (secondary N) is 2. The van der Waals surface area contributed by atoms with Crippen LogP contribution in [-0.4, -0.2) is 48.6 Å². The van der Waals surface area contributed by atoms with Gasteiger partial charge in [-0.1, -0.05) is 0 Å². The van der Waals surface area contributed by atoms with Crippen LogP contribution in [0.25, 0.3) is 11.3 Å². The first-order chi connectivity index (χ1) is 18.3. The Hall–Kier alpha value is -3.52. The first-order valence-corrected chi connectivity index (χ1v) is 13.4. The number of aromatic nitrogens is 1. The van der Waals surface area contributed by atoms with Gasteiger partial charge in [0.2, 0.25) is 0 Å². The first kappa shape index (κ1) is 26.1. The number of aromatic amines is 1. The third kappa shape index (κ3) is 4.73. The van der Waals surface area contributed by atoms with Gasteiger partial charge in [0.1, 0.15) is 5.76 Å². The van der Waals surface area contributed by atoms with Crippen LogP contribution in [0, 0.1) is 20.8 Å². The van der Waals surface area contributed by atoms with E-state index in [-0.39, 0.29) is 24.1 Å². The van der Waals surface area contributed by atoms with Crippen molar-refractivity contribution in [3.63, 3.8) is 0 Å². The lowest BCUT2D eigenvalue weighted by atomic mass is 9.87. The molecule has 1 fully saturated rings. The van der Waals surface area contributed by atoms with E-state index in [4.69, 9.17) is 13.9 Å². The Morgan fingerprint density at radius 3 is 2.50 bits per heavy atom. The van der Waals surface area contributed by atoms with Crippen molar-refractivity contribution in [2.45, 2.75) is 71.6 Å². The number of fused-ring (bicyclic) bond motifs is 1. The second kappa shape index (κ2) is 10.7. The molecule has 8 nitrogen and oxygen atoms in total. The summed E-state index contributed by atoms with van der Waals surface area (Å²) in [7, 11) is 3.64. The molecule has 2 aliphatic rings. The van der Waals surface area contributed by atoms with Crippen LogP contribution in [0.15, 0.2) is 33.7 Å². The van der Waals surface area contributed by atoms with Crippen molar-refractivity contribution in [3.8, 4) is 22.8 Å². The molecule has 2 aromatic heterocycles. The summed E-state index contributed by atoms with van der Waals surface area (Å²) < 4.78 is 18.4. The van der Waals surface area contributed by atoms with Crippen LogP contribution in [0.1, 0.15) is 64.0 Å². The molecular formula is C30H37N3O5. The van der Waals surface area contributed by atoms with Crippen molar-refractivity contribution in [3.05, 3.63) is 68.3 Å². The topological polar surface area (TPSA) is 96.8 Å². The van der Waals surface area contributed by atoms with E-state index in [1.54, 1.807) is 18.3 Å². The van der Waals surface area contributed by atoms with Crippen LogP contribution in [0.2, 0.25) is 0 Å². The molecule has 202 valence electrons. The Morgan fingerprint density at radius 1 is 1.11 bits per heavy atom. The van der Waals surface area contributed by atoms with E-state index in [1.807, 2.05) is 46.0 Å². The van der Waals surface area contributed by atoms with Crippen molar-refractivity contribution in [2.24, 2.45) is 0 Å². The number of ether oxygens (including phenoxy) is 2. The summed E-state index contributed by atoms with van der Waals surface area (Å²) in [6.07, 6.45) is 6.21. The lowest BCUT2D eigenvalue weighted by Crippen LogP contribution is -2.40. The number of carbonyl (C=O) groups excluding carboxylic acids is 1. The molecule has 1 saturated carbocycles. The fraction of sp³-hybridized carbons (Fsp3) is 0.467. The fourth-order valence-corrected chi connectivity index (χ4v) is 6.01. The molecule has 1 aromatic carbocycles. The Kier molecular flexibility index (Phi) is 7.34. The molecule has 0 unspecified atom stereocenters. The number of hydrogen-bond acceptors (Lipinski definition) is 6. The van der Waals surface area contributed by atoms with Crippen LogP contribution in [0.5, 0.6) is 11.5 Å². The molecule has 1 aliphatic heterocycles. The van der Waals surface area contributed by atoms with Gasteiger partial charge in [0.05, 0.1) is 37.1 Å². The molecule has 3 aromatic rings. The highest BCUT2D eigenvalue weighted by Gasteiger charge is 2.36. The predicted octanol–water partition coefficient (Wildman–Crippen LogP) is 4.68. The predicted molar refractivity (Wildman–Crippen MR) is 146 cm³/mol. The van der Waals surface area contributed by atoms with Crippen LogP contribution in [0.3, 0.4) is 0 Å². The molecule has 0 atom stereocenters. The average molecular weight is 520 g/mol. The highest BCUT2D eigenvalue weighted by molar-refractivity contribution is 6.02. The number of methoxy groups -OCH3 is 1. The molecule has 1 aliphatic carbocycles. The van der Waals surface area contributed by atoms with Gasteiger partial charge in [-0.2, -0.15) is 0 Å². The lowest BCUT2D eigenvalue weighted by molar-refractivity contribution is 0.0723. The quantitative estimate of drug-likeness (QED) is 0.471. The number of furan rings is 1. The van der Waals surface area contributed by atoms with Crippen molar-refractivity contribution >= 4 is 5.91 Å². The normalized spacial score (nSPS) is 19.4. The highest BCUT2D eigenvalue weighted by atomic mass is 16.5. The lowest BCUT2D eigenvalue weighted by Gasteiger charge is -2.34. The summed E-state index contributed by atoms with van der Waals surface area (Å²) in [5.74, 6) is 1.75. The SMILES string of the molecule is CN[C@H]1CC[C@H](Oc2c(C)c3c(c(-c4ccco4)c2OC)CCN(Cc2c(C)cc(C)[nH]c2=O)C3=O)CC1. The number of pyridine rings is 1. The van der Waals surface area contributed by atoms with Gasteiger partial charge in [-0.25, -0.2) is 0 Å². The third-order valence-corrected chi connectivity index (χ3v) is 8.07. The second-order valence-electron chi connectivity index (χ2n) is 10.5. The van der Waals surface area contributed by atoms with Crippen LogP contribution in [0.4, 0.5) is 0 Å². The zero-order valence-corrected chi connectivity index (χ0v) is 22.9. The van der Waals surface area contributed by atoms with Gasteiger partial charge < -0.3 is 29.1 Å². The number of aryl methyl sites for hydroxylation is 2. The van der Waals surface area contributed by atoms with Crippen molar-refractivity contribution < 1.29 is 18.7 Å². The van der Waals surface area contributed by atoms with Gasteiger partial charge >= 0.3 is 0 Å². The number of rotatable bonds is 7. The van der Waals surface area contributed by atoms with Gasteiger partial charge in [0, 0.05) is 29.4 Å². The van der Waals surface area contributed by atoms with Crippen molar-refractivity contribution in [1.29, 1.82) is 0 Å². The fourth-order valence-electron chi connectivity index (χ4n) is 6.01. The zero-order valence-electron chi connectivity index (χ0n) is 22.9. The van der Waals surface area contributed by atoms with E-state index in [0.29, 0.717) is 47.4 Å². The van der Waals surface area contributed by atoms with Crippen molar-refractivity contribution in [2.75, 3.05) is 20.7 Å². The molecule has 5 rings (SSSR count). The van der Waals surface area contributed by atoms with E-state index >= 15 is 0 Å². The molecule has 0 bridgehead atoms. The molecule has 38 heavy (non-hydrogen) atoms. The largest absolute Gasteiger partial charge is 0.492 e. The molecular weight excluding hydrogens is 482 g/mol. The minimum Gasteiger partial charge on any atom is -0.492 e. The van der Waals surface area contributed by atoms with E-state index < -0.39 is 0 Å². The second-order valence-corrected chi connectivity index (χ2v) is 10.5. The molecule has 1 amide bonds. The molecule has 0 spiro atoms. The molecule has 0 radical (unpaired) electrons. The van der Waals surface area contributed by atoms with Gasteiger partial charge in [0.15, 0.2) is 11.5 Å². The standard InChI is InChI=1S/C30H37N3O5/c1-17-15-18(2)32-29(34)23(17)16-33-13-12-22-25(30(33)35)19(3)27(38-21-10-8-20(31-4)9-11-21)28(36-5)26(22)24-7-6-14-37-24/h6-7,14-15,20-21,31H,8-13,16H2,1-5H3,(H,32,34)/t20-,21-. The summed E-state index contributed by atoms with van der Waals surface area (Å²) in [6, 6.07) is 6.17. The molecule has 8 heteroatoms. The smallest absolute Gasteiger partial charge is 0.254 e.